The molecule has 0 aliphatic carbocycles. The van der Waals surface area contributed by atoms with Crippen LogP contribution >= 0.6 is 12.2 Å². The van der Waals surface area contributed by atoms with Gasteiger partial charge in [-0.1, -0.05) is 12.1 Å². The molecule has 1 aromatic heterocycles. The van der Waals surface area contributed by atoms with Gasteiger partial charge in [0.15, 0.2) is 11.0 Å². The molecule has 2 aromatic rings. The molecule has 2 heterocycles. The number of H-pyrrole nitrogens is 1. The van der Waals surface area contributed by atoms with Gasteiger partial charge in [0.05, 0.1) is 17.6 Å². The molecule has 102 valence electrons. The van der Waals surface area contributed by atoms with E-state index in [4.69, 9.17) is 22.1 Å². The molecule has 1 aliphatic rings. The number of aromatic nitrogens is 2. The number of fused-ring (bicyclic) bond motifs is 1. The summed E-state index contributed by atoms with van der Waals surface area (Å²) in [5, 5.41) is 29.0. The van der Waals surface area contributed by atoms with Crippen LogP contribution in [0, 0.1) is 4.77 Å². The Morgan fingerprint density at radius 2 is 2.00 bits per heavy atom. The van der Waals surface area contributed by atoms with E-state index in [1.54, 1.807) is 4.57 Å². The van der Waals surface area contributed by atoms with Gasteiger partial charge in [0.2, 0.25) is 0 Å². The third-order valence-corrected chi connectivity index (χ3v) is 3.69. The molecular formula is C12H14N2O4S. The maximum Gasteiger partial charge on any atom is 0.180 e. The zero-order valence-corrected chi connectivity index (χ0v) is 10.7. The van der Waals surface area contributed by atoms with Crippen LogP contribution in [-0.4, -0.2) is 49.8 Å². The zero-order chi connectivity index (χ0) is 13.6. The minimum absolute atomic E-state index is 0.357. The number of ether oxygens (including phenoxy) is 1. The monoisotopic (exact) mass is 282 g/mol. The maximum absolute atomic E-state index is 10.0. The lowest BCUT2D eigenvalue weighted by molar-refractivity contribution is -0.0514. The van der Waals surface area contributed by atoms with Gasteiger partial charge >= 0.3 is 0 Å². The van der Waals surface area contributed by atoms with Crippen molar-refractivity contribution in [1.29, 1.82) is 0 Å². The lowest BCUT2D eigenvalue weighted by Gasteiger charge is -2.17. The van der Waals surface area contributed by atoms with Gasteiger partial charge in [-0.05, 0) is 24.4 Å². The number of para-hydroxylation sites is 2. The molecule has 0 bridgehead atoms. The largest absolute Gasteiger partial charge is 0.394 e. The van der Waals surface area contributed by atoms with Crippen molar-refractivity contribution in [2.75, 3.05) is 6.61 Å². The molecule has 4 N–H and O–H groups in total. The number of rotatable bonds is 2. The number of aromatic amines is 1. The molecule has 1 saturated heterocycles. The highest BCUT2D eigenvalue weighted by atomic mass is 32.1. The van der Waals surface area contributed by atoms with Crippen LogP contribution in [-0.2, 0) is 4.74 Å². The Bertz CT molecular complexity index is 652. The molecule has 7 heteroatoms. The molecule has 0 saturated carbocycles. The molecule has 3 rings (SSSR count). The second-order valence-corrected chi connectivity index (χ2v) is 4.93. The molecule has 0 radical (unpaired) electrons. The highest BCUT2D eigenvalue weighted by Crippen LogP contribution is 2.32. The van der Waals surface area contributed by atoms with Gasteiger partial charge in [0, 0.05) is 0 Å². The Morgan fingerprint density at radius 3 is 2.68 bits per heavy atom. The van der Waals surface area contributed by atoms with Gasteiger partial charge < -0.3 is 25.0 Å². The van der Waals surface area contributed by atoms with Crippen LogP contribution in [0.2, 0.25) is 0 Å². The molecule has 0 spiro atoms. The van der Waals surface area contributed by atoms with Crippen LogP contribution in [0.5, 0.6) is 0 Å². The van der Waals surface area contributed by atoms with E-state index in [0.717, 1.165) is 11.0 Å². The summed E-state index contributed by atoms with van der Waals surface area (Å²) in [7, 11) is 0. The molecule has 19 heavy (non-hydrogen) atoms. The Hall–Kier alpha value is -1.25. The van der Waals surface area contributed by atoms with Crippen LogP contribution in [0.15, 0.2) is 24.3 Å². The van der Waals surface area contributed by atoms with Gasteiger partial charge in [-0.2, -0.15) is 0 Å². The maximum atomic E-state index is 10.0. The zero-order valence-electron chi connectivity index (χ0n) is 9.93. The number of nitrogens with one attached hydrogen (secondary N) is 1. The minimum atomic E-state index is -1.14. The van der Waals surface area contributed by atoms with Gasteiger partial charge in [-0.25, -0.2) is 0 Å². The molecule has 0 amide bonds. The fourth-order valence-corrected chi connectivity index (χ4v) is 2.73. The van der Waals surface area contributed by atoms with Crippen molar-refractivity contribution in [3.05, 3.63) is 29.0 Å². The Kier molecular flexibility index (Phi) is 3.15. The summed E-state index contributed by atoms with van der Waals surface area (Å²) in [6.07, 6.45) is -3.89. The van der Waals surface area contributed by atoms with Crippen LogP contribution in [0.1, 0.15) is 6.23 Å². The van der Waals surface area contributed by atoms with Crippen molar-refractivity contribution in [2.24, 2.45) is 0 Å². The standard InChI is InChI=1S/C12H14N2O4S/c15-5-8-9(16)10(17)11(18-8)14-7-4-2-1-3-6(7)13-12(14)19/h1-4,8-11,15-17H,5H2,(H,13,19). The number of aliphatic hydroxyl groups is 3. The van der Waals surface area contributed by atoms with E-state index in [-0.39, 0.29) is 6.61 Å². The predicted molar refractivity (Wildman–Crippen MR) is 70.1 cm³/mol. The van der Waals surface area contributed by atoms with Gasteiger partial charge in [-0.15, -0.1) is 0 Å². The van der Waals surface area contributed by atoms with Crippen molar-refractivity contribution in [3.63, 3.8) is 0 Å². The van der Waals surface area contributed by atoms with Crippen molar-refractivity contribution in [1.82, 2.24) is 9.55 Å². The number of hydrogen-bond donors (Lipinski definition) is 4. The van der Waals surface area contributed by atoms with Crippen LogP contribution in [0.4, 0.5) is 0 Å². The summed E-state index contributed by atoms with van der Waals surface area (Å²) < 4.78 is 7.51. The third-order valence-electron chi connectivity index (χ3n) is 3.40. The first kappa shape index (κ1) is 12.8. The average Bonchev–Trinajstić information content (AvgIpc) is 2.88. The normalized spacial score (nSPS) is 31.1. The van der Waals surface area contributed by atoms with E-state index in [9.17, 15) is 10.2 Å². The molecule has 4 atom stereocenters. The van der Waals surface area contributed by atoms with E-state index in [1.807, 2.05) is 24.3 Å². The summed E-state index contributed by atoms with van der Waals surface area (Å²) in [6, 6.07) is 7.43. The highest BCUT2D eigenvalue weighted by Gasteiger charge is 2.43. The second-order valence-electron chi connectivity index (χ2n) is 4.55. The first-order chi connectivity index (χ1) is 9.13. The van der Waals surface area contributed by atoms with Crippen molar-refractivity contribution in [3.8, 4) is 0 Å². The van der Waals surface area contributed by atoms with E-state index in [0.29, 0.717) is 4.77 Å². The number of imidazole rings is 1. The first-order valence-electron chi connectivity index (χ1n) is 5.95. The van der Waals surface area contributed by atoms with Crippen LogP contribution in [0.25, 0.3) is 11.0 Å². The summed E-state index contributed by atoms with van der Waals surface area (Å²) >= 11 is 5.23. The SMILES string of the molecule is OCC1OC(n2c(=S)[nH]c3ccccc32)C(O)C1O. The van der Waals surface area contributed by atoms with Crippen molar-refractivity contribution >= 4 is 23.3 Å². The van der Waals surface area contributed by atoms with Crippen molar-refractivity contribution in [2.45, 2.75) is 24.5 Å². The number of benzene rings is 1. The molecule has 1 fully saturated rings. The fraction of sp³-hybridized carbons (Fsp3) is 0.417. The summed E-state index contributed by atoms with van der Waals surface area (Å²) in [4.78, 5) is 3.01. The molecule has 6 nitrogen and oxygen atoms in total. The van der Waals surface area contributed by atoms with Crippen molar-refractivity contribution < 1.29 is 20.1 Å². The third kappa shape index (κ3) is 1.90. The topological polar surface area (TPSA) is 90.6 Å². The second kappa shape index (κ2) is 4.69. The lowest BCUT2D eigenvalue weighted by Crippen LogP contribution is -2.33. The van der Waals surface area contributed by atoms with Gasteiger partial charge in [0.1, 0.15) is 18.3 Å². The molecule has 4 unspecified atom stereocenters. The predicted octanol–water partition coefficient (Wildman–Crippen LogP) is 0.310. The van der Waals surface area contributed by atoms with E-state index in [2.05, 4.69) is 4.98 Å². The molecule has 1 aromatic carbocycles. The van der Waals surface area contributed by atoms with E-state index in [1.165, 1.54) is 0 Å². The Balaban J connectivity index is 2.10. The average molecular weight is 282 g/mol. The van der Waals surface area contributed by atoms with Crippen LogP contribution < -0.4 is 0 Å². The Labute approximate surface area is 113 Å². The summed E-state index contributed by atoms with van der Waals surface area (Å²) in [6.45, 7) is -0.357. The Morgan fingerprint density at radius 1 is 1.26 bits per heavy atom. The van der Waals surface area contributed by atoms with Gasteiger partial charge in [0.25, 0.3) is 0 Å². The smallest absolute Gasteiger partial charge is 0.180 e. The van der Waals surface area contributed by atoms with E-state index >= 15 is 0 Å². The first-order valence-corrected chi connectivity index (χ1v) is 6.36. The number of aliphatic hydroxyl groups excluding tert-OH is 3. The quantitative estimate of drug-likeness (QED) is 0.595. The highest BCUT2D eigenvalue weighted by molar-refractivity contribution is 7.71. The summed E-state index contributed by atoms with van der Waals surface area (Å²) in [5.41, 5.74) is 1.60. The molecular weight excluding hydrogens is 268 g/mol. The summed E-state index contributed by atoms with van der Waals surface area (Å²) in [5.74, 6) is 0. The fourth-order valence-electron chi connectivity index (χ4n) is 2.42. The van der Waals surface area contributed by atoms with Gasteiger partial charge in [-0.3, -0.25) is 4.57 Å². The van der Waals surface area contributed by atoms with E-state index < -0.39 is 24.5 Å². The number of nitrogens with zero attached hydrogens (tertiary/aromatic N) is 1. The lowest BCUT2D eigenvalue weighted by atomic mass is 10.1. The minimum Gasteiger partial charge on any atom is -0.394 e. The number of hydrogen-bond acceptors (Lipinski definition) is 5. The molecule has 1 aliphatic heterocycles. The van der Waals surface area contributed by atoms with Crippen LogP contribution in [0.3, 0.4) is 0 Å².